The highest BCUT2D eigenvalue weighted by molar-refractivity contribution is 5.99. The van der Waals surface area contributed by atoms with Crippen molar-refractivity contribution in [1.82, 2.24) is 19.9 Å². The van der Waals surface area contributed by atoms with Crippen LogP contribution < -0.4 is 4.90 Å². The van der Waals surface area contributed by atoms with Gasteiger partial charge in [-0.25, -0.2) is 9.97 Å². The smallest absolute Gasteiger partial charge is 0.257 e. The van der Waals surface area contributed by atoms with Gasteiger partial charge < -0.3 is 9.80 Å². The maximum absolute atomic E-state index is 13.0. The van der Waals surface area contributed by atoms with E-state index in [-0.39, 0.29) is 5.91 Å². The summed E-state index contributed by atoms with van der Waals surface area (Å²) in [5.41, 5.74) is 2.03. The third-order valence-electron chi connectivity index (χ3n) is 4.23. The van der Waals surface area contributed by atoms with Crippen LogP contribution in [0.1, 0.15) is 36.0 Å². The number of hydrogen-bond acceptors (Lipinski definition) is 5. The Balaban J connectivity index is 2.01. The molecule has 0 radical (unpaired) electrons. The van der Waals surface area contributed by atoms with Crippen LogP contribution in [0.15, 0.2) is 30.7 Å². The summed E-state index contributed by atoms with van der Waals surface area (Å²) < 4.78 is 0. The summed E-state index contributed by atoms with van der Waals surface area (Å²) >= 11 is 0. The number of pyridine rings is 1. The quantitative estimate of drug-likeness (QED) is 0.868. The van der Waals surface area contributed by atoms with E-state index >= 15 is 0 Å². The van der Waals surface area contributed by atoms with Gasteiger partial charge >= 0.3 is 0 Å². The molecule has 0 unspecified atom stereocenters. The van der Waals surface area contributed by atoms with Gasteiger partial charge in [-0.1, -0.05) is 12.8 Å². The van der Waals surface area contributed by atoms with E-state index in [4.69, 9.17) is 0 Å². The lowest BCUT2D eigenvalue weighted by Gasteiger charge is -2.22. The second-order valence-electron chi connectivity index (χ2n) is 6.27. The van der Waals surface area contributed by atoms with Crippen molar-refractivity contribution in [2.24, 2.45) is 0 Å². The lowest BCUT2D eigenvalue weighted by atomic mass is 10.1. The predicted molar refractivity (Wildman–Crippen MR) is 94.0 cm³/mol. The van der Waals surface area contributed by atoms with Gasteiger partial charge in [0.25, 0.3) is 5.91 Å². The number of carbonyl (C=O) groups is 1. The molecule has 24 heavy (non-hydrogen) atoms. The zero-order valence-electron chi connectivity index (χ0n) is 14.3. The Morgan fingerprint density at radius 1 is 1.12 bits per heavy atom. The summed E-state index contributed by atoms with van der Waals surface area (Å²) in [6.07, 6.45) is 9.60. The maximum Gasteiger partial charge on any atom is 0.257 e. The fourth-order valence-electron chi connectivity index (χ4n) is 2.91. The van der Waals surface area contributed by atoms with Gasteiger partial charge in [-0.3, -0.25) is 9.78 Å². The number of amides is 1. The topological polar surface area (TPSA) is 62.2 Å². The number of rotatable bonds is 3. The third kappa shape index (κ3) is 3.53. The fraction of sp³-hybridized carbons (Fsp3) is 0.444. The Labute approximate surface area is 142 Å². The van der Waals surface area contributed by atoms with Gasteiger partial charge in [-0.15, -0.1) is 0 Å². The largest absolute Gasteiger partial charge is 0.347 e. The van der Waals surface area contributed by atoms with Crippen molar-refractivity contribution < 1.29 is 4.79 Å². The van der Waals surface area contributed by atoms with Crippen LogP contribution in [0, 0.1) is 0 Å². The first-order valence-corrected chi connectivity index (χ1v) is 8.41. The molecular formula is C18H23N5O. The van der Waals surface area contributed by atoms with E-state index in [9.17, 15) is 4.79 Å². The van der Waals surface area contributed by atoms with E-state index in [0.29, 0.717) is 17.2 Å². The number of likely N-dealkylation sites (tertiary alicyclic amines) is 1. The molecule has 3 heterocycles. The van der Waals surface area contributed by atoms with Crippen molar-refractivity contribution >= 4 is 11.9 Å². The standard InChI is InChI=1S/C18H23N5O/c1-22(2)18-20-13-15(16(21-18)14-8-7-9-19-12-14)17(24)23-10-5-3-4-6-11-23/h7-9,12-13H,3-6,10-11H2,1-2H3. The van der Waals surface area contributed by atoms with Gasteiger partial charge in [0.05, 0.1) is 11.3 Å². The van der Waals surface area contributed by atoms with E-state index in [0.717, 1.165) is 31.5 Å². The van der Waals surface area contributed by atoms with E-state index in [1.807, 2.05) is 36.0 Å². The van der Waals surface area contributed by atoms with E-state index in [2.05, 4.69) is 15.0 Å². The van der Waals surface area contributed by atoms with Gasteiger partial charge in [0.15, 0.2) is 0 Å². The SMILES string of the molecule is CN(C)c1ncc(C(=O)N2CCCCCC2)c(-c2cccnc2)n1. The maximum atomic E-state index is 13.0. The molecule has 3 rings (SSSR count). The monoisotopic (exact) mass is 325 g/mol. The van der Waals surface area contributed by atoms with Crippen LogP contribution in [-0.4, -0.2) is 52.9 Å². The Kier molecular flexibility index (Phi) is 5.03. The number of nitrogens with zero attached hydrogens (tertiary/aromatic N) is 5. The van der Waals surface area contributed by atoms with Crippen LogP contribution in [0.25, 0.3) is 11.3 Å². The zero-order valence-corrected chi connectivity index (χ0v) is 14.3. The van der Waals surface area contributed by atoms with Crippen molar-refractivity contribution in [3.8, 4) is 11.3 Å². The molecule has 0 atom stereocenters. The highest BCUT2D eigenvalue weighted by Crippen LogP contribution is 2.24. The second-order valence-corrected chi connectivity index (χ2v) is 6.27. The molecule has 126 valence electrons. The zero-order chi connectivity index (χ0) is 16.9. The number of hydrogen-bond donors (Lipinski definition) is 0. The molecule has 6 heteroatoms. The predicted octanol–water partition coefficient (Wildman–Crippen LogP) is 2.62. The molecule has 0 bridgehead atoms. The summed E-state index contributed by atoms with van der Waals surface area (Å²) in [4.78, 5) is 29.9. The summed E-state index contributed by atoms with van der Waals surface area (Å²) in [5.74, 6) is 0.599. The van der Waals surface area contributed by atoms with Gasteiger partial charge in [-0.2, -0.15) is 0 Å². The molecule has 0 saturated carbocycles. The Morgan fingerprint density at radius 3 is 2.50 bits per heavy atom. The molecule has 1 aliphatic rings. The first-order chi connectivity index (χ1) is 11.7. The minimum absolute atomic E-state index is 0.0149. The minimum atomic E-state index is 0.0149. The summed E-state index contributed by atoms with van der Waals surface area (Å²) in [6.45, 7) is 1.61. The molecule has 0 aromatic carbocycles. The lowest BCUT2D eigenvalue weighted by Crippen LogP contribution is -2.32. The minimum Gasteiger partial charge on any atom is -0.347 e. The van der Waals surface area contributed by atoms with Gasteiger partial charge in [0.1, 0.15) is 0 Å². The van der Waals surface area contributed by atoms with Crippen LogP contribution in [0.4, 0.5) is 5.95 Å². The van der Waals surface area contributed by atoms with E-state index in [1.54, 1.807) is 18.6 Å². The van der Waals surface area contributed by atoms with Crippen LogP contribution in [0.3, 0.4) is 0 Å². The molecule has 0 spiro atoms. The lowest BCUT2D eigenvalue weighted by molar-refractivity contribution is 0.0761. The Bertz CT molecular complexity index is 694. The van der Waals surface area contributed by atoms with Crippen LogP contribution in [0.5, 0.6) is 0 Å². The van der Waals surface area contributed by atoms with E-state index < -0.39 is 0 Å². The highest BCUT2D eigenvalue weighted by atomic mass is 16.2. The summed E-state index contributed by atoms with van der Waals surface area (Å²) in [6, 6.07) is 3.78. The first kappa shape index (κ1) is 16.4. The van der Waals surface area contributed by atoms with Crippen LogP contribution >= 0.6 is 0 Å². The Morgan fingerprint density at radius 2 is 1.88 bits per heavy atom. The van der Waals surface area contributed by atoms with Gasteiger partial charge in [0.2, 0.25) is 5.95 Å². The number of carbonyl (C=O) groups excluding carboxylic acids is 1. The number of aromatic nitrogens is 3. The molecule has 2 aromatic heterocycles. The van der Waals surface area contributed by atoms with Crippen LogP contribution in [-0.2, 0) is 0 Å². The number of anilines is 1. The average Bonchev–Trinajstić information content (AvgIpc) is 2.90. The molecule has 1 amide bonds. The molecule has 6 nitrogen and oxygen atoms in total. The fourth-order valence-corrected chi connectivity index (χ4v) is 2.91. The van der Waals surface area contributed by atoms with Gasteiger partial charge in [-0.05, 0) is 25.0 Å². The molecular weight excluding hydrogens is 302 g/mol. The molecule has 1 fully saturated rings. The van der Waals surface area contributed by atoms with Crippen molar-refractivity contribution in [3.63, 3.8) is 0 Å². The van der Waals surface area contributed by atoms with Crippen molar-refractivity contribution in [3.05, 3.63) is 36.3 Å². The Hall–Kier alpha value is -2.50. The van der Waals surface area contributed by atoms with E-state index in [1.165, 1.54) is 12.8 Å². The van der Waals surface area contributed by atoms with Gasteiger partial charge in [0, 0.05) is 51.3 Å². The summed E-state index contributed by atoms with van der Waals surface area (Å²) in [5, 5.41) is 0. The molecule has 0 aliphatic carbocycles. The molecule has 0 N–H and O–H groups in total. The summed E-state index contributed by atoms with van der Waals surface area (Å²) in [7, 11) is 3.78. The average molecular weight is 325 g/mol. The molecule has 1 aliphatic heterocycles. The van der Waals surface area contributed by atoms with Crippen molar-refractivity contribution in [1.29, 1.82) is 0 Å². The molecule has 2 aromatic rings. The normalized spacial score (nSPS) is 15.0. The van der Waals surface area contributed by atoms with Crippen molar-refractivity contribution in [2.75, 3.05) is 32.1 Å². The highest BCUT2D eigenvalue weighted by Gasteiger charge is 2.23. The van der Waals surface area contributed by atoms with Crippen LogP contribution in [0.2, 0.25) is 0 Å². The third-order valence-corrected chi connectivity index (χ3v) is 4.23. The van der Waals surface area contributed by atoms with Crippen molar-refractivity contribution in [2.45, 2.75) is 25.7 Å². The second kappa shape index (κ2) is 7.38. The first-order valence-electron chi connectivity index (χ1n) is 8.41. The molecule has 1 saturated heterocycles.